The van der Waals surface area contributed by atoms with Gasteiger partial charge in [0.05, 0.1) is 34.4 Å². The first-order valence-corrected chi connectivity index (χ1v) is 17.7. The van der Waals surface area contributed by atoms with Crippen molar-refractivity contribution in [1.82, 2.24) is 5.32 Å². The van der Waals surface area contributed by atoms with Gasteiger partial charge in [0.1, 0.15) is 11.4 Å². The van der Waals surface area contributed by atoms with Gasteiger partial charge in [0, 0.05) is 10.3 Å². The molecule has 12 heteroatoms. The van der Waals surface area contributed by atoms with Crippen molar-refractivity contribution in [2.24, 2.45) is 0 Å². The summed E-state index contributed by atoms with van der Waals surface area (Å²) >= 11 is 12.0. The molecule has 2 aromatic rings. The van der Waals surface area contributed by atoms with Gasteiger partial charge in [0.25, 0.3) is 0 Å². The normalized spacial score (nSPS) is 14.5. The van der Waals surface area contributed by atoms with Crippen LogP contribution in [0.1, 0.15) is 98.8 Å². The molecule has 1 N–H and O–H groups in total. The Labute approximate surface area is 282 Å². The molecule has 0 radical (unpaired) electrons. The molecule has 0 aromatic heterocycles. The van der Waals surface area contributed by atoms with E-state index < -0.39 is 46.7 Å². The zero-order chi connectivity index (χ0) is 35.4. The number of ether oxygens (including phenoxy) is 2. The van der Waals surface area contributed by atoms with Crippen LogP contribution in [0.3, 0.4) is 0 Å². The second kappa shape index (κ2) is 15.1. The first-order chi connectivity index (χ1) is 20.8. The van der Waals surface area contributed by atoms with Crippen LogP contribution in [0.25, 0.3) is 0 Å². The Balaban J connectivity index is 2.26. The molecule has 6 nitrogen and oxygen atoms in total. The first kappa shape index (κ1) is 40.2. The number of nitrogens with one attached hydrogen (secondary N) is 1. The van der Waals surface area contributed by atoms with E-state index in [0.29, 0.717) is 28.5 Å². The van der Waals surface area contributed by atoms with Crippen LogP contribution in [-0.4, -0.2) is 40.8 Å². The van der Waals surface area contributed by atoms with Crippen molar-refractivity contribution in [3.8, 4) is 5.75 Å². The smallest absolute Gasteiger partial charge is 0.419 e. The molecule has 1 amide bonds. The summed E-state index contributed by atoms with van der Waals surface area (Å²) in [5.74, 6) is -0.264. The lowest BCUT2D eigenvalue weighted by atomic mass is 9.93. The summed E-state index contributed by atoms with van der Waals surface area (Å²) in [4.78, 5) is 12.8. The van der Waals surface area contributed by atoms with Gasteiger partial charge in [-0.25, -0.2) is 4.79 Å². The maximum absolute atomic E-state index is 14.2. The van der Waals surface area contributed by atoms with Crippen molar-refractivity contribution in [2.75, 3.05) is 13.2 Å². The van der Waals surface area contributed by atoms with Gasteiger partial charge in [-0.2, -0.15) is 13.2 Å². The molecular weight excluding hydrogens is 661 g/mol. The molecule has 0 aliphatic carbocycles. The Kier molecular flexibility index (Phi) is 13.2. The van der Waals surface area contributed by atoms with Crippen LogP contribution in [0.5, 0.6) is 5.75 Å². The molecule has 1 atom stereocenters. The number of alkyl carbamates (subject to hydrolysis) is 1. The first-order valence-electron chi connectivity index (χ1n) is 15.3. The minimum atomic E-state index is -4.65. The summed E-state index contributed by atoms with van der Waals surface area (Å²) in [6.45, 7) is 17.9. The molecule has 0 aliphatic heterocycles. The second-order valence-corrected chi connectivity index (χ2v) is 19.7. The van der Waals surface area contributed by atoms with E-state index in [-0.39, 0.29) is 31.8 Å². The highest BCUT2D eigenvalue weighted by Gasteiger charge is 2.49. The standard InChI is InChI=1S/C34H49Cl2F3NO5P/c1-30(2,3)45-29(41)40-33(10,22-44-46(42,31(4,5)6)32(7,8)9)18-17-24-14-16-28(25(20-24)34(37,38)39)43-19-11-12-23-13-15-26(35)27(36)21-23/h13-16,20-21H,11-12,17-19,22H2,1-10H3,(H,40,41). The number of alkyl halides is 3. The van der Waals surface area contributed by atoms with Crippen LogP contribution in [0.15, 0.2) is 36.4 Å². The lowest BCUT2D eigenvalue weighted by Gasteiger charge is -2.42. The third-order valence-corrected chi connectivity index (χ3v) is 12.1. The number of hydrogen-bond donors (Lipinski definition) is 1. The van der Waals surface area contributed by atoms with Crippen LogP contribution in [0, 0.1) is 0 Å². The fraction of sp³-hybridized carbons (Fsp3) is 0.618. The fourth-order valence-electron chi connectivity index (χ4n) is 5.00. The highest BCUT2D eigenvalue weighted by atomic mass is 35.5. The second-order valence-electron chi connectivity index (χ2n) is 14.9. The molecule has 2 rings (SSSR count). The van der Waals surface area contributed by atoms with Gasteiger partial charge in [-0.05, 0) is 88.8 Å². The number of amides is 1. The van der Waals surface area contributed by atoms with Crippen molar-refractivity contribution >= 4 is 36.7 Å². The quantitative estimate of drug-likeness (QED) is 0.175. The Morgan fingerprint density at radius 1 is 0.826 bits per heavy atom. The third-order valence-electron chi connectivity index (χ3n) is 7.30. The Morgan fingerprint density at radius 3 is 1.91 bits per heavy atom. The summed E-state index contributed by atoms with van der Waals surface area (Å²) in [6.07, 6.45) is -3.99. The topological polar surface area (TPSA) is 73.9 Å². The highest BCUT2D eigenvalue weighted by molar-refractivity contribution is 7.62. The number of hydrogen-bond acceptors (Lipinski definition) is 5. The van der Waals surface area contributed by atoms with Crippen LogP contribution in [0.2, 0.25) is 10.0 Å². The van der Waals surface area contributed by atoms with Crippen molar-refractivity contribution in [3.05, 3.63) is 63.1 Å². The molecule has 1 unspecified atom stereocenters. The number of halogens is 5. The number of benzene rings is 2. The molecule has 0 heterocycles. The molecule has 0 aliphatic rings. The SMILES string of the molecule is CC(CCc1ccc(OCCCc2ccc(Cl)c(Cl)c2)c(C(F)(F)F)c1)(COP(=O)(C(C)(C)C)C(C)(C)C)NC(=O)OC(C)(C)C. The molecule has 0 fully saturated rings. The minimum Gasteiger partial charge on any atom is -0.493 e. The zero-order valence-electron chi connectivity index (χ0n) is 28.6. The number of carbonyl (C=O) groups is 1. The van der Waals surface area contributed by atoms with E-state index in [2.05, 4.69) is 5.32 Å². The summed E-state index contributed by atoms with van der Waals surface area (Å²) in [5, 5.41) is 2.29. The third kappa shape index (κ3) is 11.6. The number of rotatable bonds is 12. The van der Waals surface area contributed by atoms with Gasteiger partial charge in [0.15, 0.2) is 0 Å². The fourth-order valence-corrected chi connectivity index (χ4v) is 8.58. The lowest BCUT2D eigenvalue weighted by molar-refractivity contribution is -0.139. The maximum atomic E-state index is 14.2. The highest BCUT2D eigenvalue weighted by Crippen LogP contribution is 2.67. The average molecular weight is 711 g/mol. The number of aryl methyl sites for hydroxylation is 2. The monoisotopic (exact) mass is 709 g/mol. The Bertz CT molecular complexity index is 1380. The largest absolute Gasteiger partial charge is 0.493 e. The van der Waals surface area contributed by atoms with E-state index in [1.807, 2.05) is 47.6 Å². The van der Waals surface area contributed by atoms with Crippen molar-refractivity contribution < 1.29 is 36.5 Å². The maximum Gasteiger partial charge on any atom is 0.419 e. The predicted octanol–water partition coefficient (Wildman–Crippen LogP) is 11.1. The molecular formula is C34H49Cl2F3NO5P. The Hall–Kier alpha value is -1.93. The minimum absolute atomic E-state index is 0.0689. The van der Waals surface area contributed by atoms with Gasteiger partial charge in [0.2, 0.25) is 7.37 Å². The van der Waals surface area contributed by atoms with Gasteiger partial charge < -0.3 is 19.3 Å². The Morgan fingerprint density at radius 2 is 1.39 bits per heavy atom. The van der Waals surface area contributed by atoms with Crippen molar-refractivity contribution in [1.29, 1.82) is 0 Å². The van der Waals surface area contributed by atoms with Gasteiger partial charge >= 0.3 is 12.3 Å². The summed E-state index contributed by atoms with van der Waals surface area (Å²) in [6, 6.07) is 9.17. The van der Waals surface area contributed by atoms with E-state index in [9.17, 15) is 22.5 Å². The predicted molar refractivity (Wildman–Crippen MR) is 181 cm³/mol. The summed E-state index contributed by atoms with van der Waals surface area (Å²) < 4.78 is 73.8. The molecule has 2 aromatic carbocycles. The average Bonchev–Trinajstić information content (AvgIpc) is 2.88. The van der Waals surface area contributed by atoms with Crippen LogP contribution in [-0.2, 0) is 32.8 Å². The van der Waals surface area contributed by atoms with Crippen molar-refractivity contribution in [2.45, 2.75) is 123 Å². The van der Waals surface area contributed by atoms with Gasteiger partial charge in [-0.15, -0.1) is 0 Å². The zero-order valence-corrected chi connectivity index (χ0v) is 31.0. The van der Waals surface area contributed by atoms with E-state index in [1.54, 1.807) is 45.9 Å². The van der Waals surface area contributed by atoms with Crippen molar-refractivity contribution in [3.63, 3.8) is 0 Å². The summed E-state index contributed by atoms with van der Waals surface area (Å²) in [7, 11) is -3.31. The molecule has 0 saturated heterocycles. The molecule has 46 heavy (non-hydrogen) atoms. The van der Waals surface area contributed by atoms with E-state index in [0.717, 1.165) is 11.6 Å². The van der Waals surface area contributed by atoms with E-state index >= 15 is 0 Å². The molecule has 0 saturated carbocycles. The summed E-state index contributed by atoms with van der Waals surface area (Å²) in [5.41, 5.74) is -1.49. The van der Waals surface area contributed by atoms with Crippen LogP contribution < -0.4 is 10.1 Å². The van der Waals surface area contributed by atoms with E-state index in [4.69, 9.17) is 37.2 Å². The lowest BCUT2D eigenvalue weighted by Crippen LogP contribution is -2.51. The van der Waals surface area contributed by atoms with Crippen LogP contribution in [0.4, 0.5) is 18.0 Å². The molecule has 260 valence electrons. The number of carbonyl (C=O) groups excluding carboxylic acids is 1. The van der Waals surface area contributed by atoms with Crippen LogP contribution >= 0.6 is 30.6 Å². The van der Waals surface area contributed by atoms with E-state index in [1.165, 1.54) is 6.07 Å². The molecule has 0 spiro atoms. The van der Waals surface area contributed by atoms with Gasteiger partial charge in [-0.1, -0.05) is 76.9 Å². The molecule has 0 bridgehead atoms. The van der Waals surface area contributed by atoms with Gasteiger partial charge in [-0.3, -0.25) is 4.57 Å².